The minimum atomic E-state index is -4.27. The second-order valence-corrected chi connectivity index (χ2v) is 4.24. The molecule has 0 bridgehead atoms. The minimum absolute atomic E-state index is 0.0299. The van der Waals surface area contributed by atoms with Crippen LogP contribution in [-0.2, 0) is 10.9 Å². The van der Waals surface area contributed by atoms with Gasteiger partial charge in [-0.25, -0.2) is 0 Å². The van der Waals surface area contributed by atoms with Crippen molar-refractivity contribution in [3.8, 4) is 0 Å². The lowest BCUT2D eigenvalue weighted by molar-refractivity contribution is -0.137. The van der Waals surface area contributed by atoms with E-state index in [2.05, 4.69) is 0 Å². The van der Waals surface area contributed by atoms with Crippen molar-refractivity contribution >= 4 is 0 Å². The van der Waals surface area contributed by atoms with Gasteiger partial charge in [0, 0.05) is 12.5 Å². The number of hydrogen-bond acceptors (Lipinski definition) is 2. The van der Waals surface area contributed by atoms with E-state index in [1.807, 2.05) is 0 Å². The van der Waals surface area contributed by atoms with Crippen molar-refractivity contribution in [1.29, 1.82) is 0 Å². The topological polar surface area (TPSA) is 35.2 Å². The molecule has 2 rings (SSSR count). The number of hydrogen-bond donors (Lipinski definition) is 1. The second kappa shape index (κ2) is 4.66. The van der Waals surface area contributed by atoms with E-state index in [9.17, 15) is 13.2 Å². The monoisotopic (exact) mass is 245 g/mol. The first-order valence-corrected chi connectivity index (χ1v) is 5.49. The average molecular weight is 245 g/mol. The number of alkyl halides is 3. The molecule has 1 saturated heterocycles. The van der Waals surface area contributed by atoms with Gasteiger partial charge in [-0.2, -0.15) is 13.2 Å². The van der Waals surface area contributed by atoms with Gasteiger partial charge in [0.25, 0.3) is 0 Å². The van der Waals surface area contributed by atoms with Crippen molar-refractivity contribution in [3.05, 3.63) is 35.4 Å². The van der Waals surface area contributed by atoms with Gasteiger partial charge in [0.15, 0.2) is 0 Å². The summed E-state index contributed by atoms with van der Waals surface area (Å²) in [6.07, 6.45) is -3.46. The summed E-state index contributed by atoms with van der Waals surface area (Å²) >= 11 is 0. The molecule has 2 atom stereocenters. The van der Waals surface area contributed by atoms with E-state index < -0.39 is 11.7 Å². The Labute approximate surface area is 97.6 Å². The fourth-order valence-corrected chi connectivity index (χ4v) is 2.05. The third kappa shape index (κ3) is 2.79. The fourth-order valence-electron chi connectivity index (χ4n) is 2.05. The van der Waals surface area contributed by atoms with Gasteiger partial charge in [0.05, 0.1) is 18.3 Å². The highest BCUT2D eigenvalue weighted by Crippen LogP contribution is 2.33. The lowest BCUT2D eigenvalue weighted by Gasteiger charge is -2.11. The normalized spacial score (nSPS) is 25.2. The van der Waals surface area contributed by atoms with Gasteiger partial charge < -0.3 is 10.5 Å². The van der Waals surface area contributed by atoms with Crippen LogP contribution in [0.15, 0.2) is 24.3 Å². The molecular formula is C12H14F3NO. The van der Waals surface area contributed by atoms with E-state index in [4.69, 9.17) is 10.5 Å². The summed E-state index contributed by atoms with van der Waals surface area (Å²) in [6.45, 7) is 0.990. The summed E-state index contributed by atoms with van der Waals surface area (Å²) in [6, 6.07) is 5.28. The first-order valence-electron chi connectivity index (χ1n) is 5.49. The Balaban J connectivity index is 2.09. The third-order valence-electron chi connectivity index (χ3n) is 3.05. The summed E-state index contributed by atoms with van der Waals surface area (Å²) in [5, 5.41) is 0. The molecule has 1 aromatic carbocycles. The Kier molecular flexibility index (Phi) is 3.40. The standard InChI is InChI=1S/C12H14F3NO/c13-12(14,15)10-3-1-8(2-4-10)9-5-11(6-16)17-7-9/h1-4,9,11H,5-7,16H2. The number of rotatable bonds is 2. The molecule has 1 aliphatic rings. The molecule has 0 radical (unpaired) electrons. The highest BCUT2D eigenvalue weighted by molar-refractivity contribution is 5.27. The molecule has 1 fully saturated rings. The molecule has 2 unspecified atom stereocenters. The maximum Gasteiger partial charge on any atom is 0.416 e. The van der Waals surface area contributed by atoms with Crippen LogP contribution in [0, 0.1) is 0 Å². The predicted molar refractivity (Wildman–Crippen MR) is 57.6 cm³/mol. The highest BCUT2D eigenvalue weighted by atomic mass is 19.4. The van der Waals surface area contributed by atoms with Crippen LogP contribution in [0.1, 0.15) is 23.5 Å². The van der Waals surface area contributed by atoms with Gasteiger partial charge in [-0.15, -0.1) is 0 Å². The Morgan fingerprint density at radius 2 is 1.88 bits per heavy atom. The first kappa shape index (κ1) is 12.4. The van der Waals surface area contributed by atoms with Crippen molar-refractivity contribution in [1.82, 2.24) is 0 Å². The van der Waals surface area contributed by atoms with Crippen molar-refractivity contribution in [2.45, 2.75) is 24.6 Å². The van der Waals surface area contributed by atoms with Crippen LogP contribution in [0.5, 0.6) is 0 Å². The molecule has 2 N–H and O–H groups in total. The van der Waals surface area contributed by atoms with Crippen molar-refractivity contribution < 1.29 is 17.9 Å². The van der Waals surface area contributed by atoms with Gasteiger partial charge >= 0.3 is 6.18 Å². The van der Waals surface area contributed by atoms with Crippen LogP contribution in [0.3, 0.4) is 0 Å². The van der Waals surface area contributed by atoms with Gasteiger partial charge in [0.2, 0.25) is 0 Å². The first-order chi connectivity index (χ1) is 8.00. The van der Waals surface area contributed by atoms with Crippen LogP contribution >= 0.6 is 0 Å². The third-order valence-corrected chi connectivity index (χ3v) is 3.05. The van der Waals surface area contributed by atoms with Crippen LogP contribution in [0.4, 0.5) is 13.2 Å². The summed E-state index contributed by atoms with van der Waals surface area (Å²) < 4.78 is 42.5. The summed E-state index contributed by atoms with van der Waals surface area (Å²) in [4.78, 5) is 0. The van der Waals surface area contributed by atoms with E-state index in [1.54, 1.807) is 0 Å². The Morgan fingerprint density at radius 3 is 2.35 bits per heavy atom. The quantitative estimate of drug-likeness (QED) is 0.869. The molecule has 5 heteroatoms. The largest absolute Gasteiger partial charge is 0.416 e. The van der Waals surface area contributed by atoms with Gasteiger partial charge in [-0.3, -0.25) is 0 Å². The zero-order valence-electron chi connectivity index (χ0n) is 9.20. The number of ether oxygens (including phenoxy) is 1. The van der Waals surface area contributed by atoms with Crippen LogP contribution in [0.2, 0.25) is 0 Å². The molecule has 1 aliphatic heterocycles. The number of benzene rings is 1. The average Bonchev–Trinajstić information content (AvgIpc) is 2.76. The SMILES string of the molecule is NCC1CC(c2ccc(C(F)(F)F)cc2)CO1. The molecule has 17 heavy (non-hydrogen) atoms. The van der Waals surface area contributed by atoms with Crippen LogP contribution < -0.4 is 5.73 Å². The summed E-state index contributed by atoms with van der Waals surface area (Å²) in [5.41, 5.74) is 5.75. The van der Waals surface area contributed by atoms with E-state index >= 15 is 0 Å². The van der Waals surface area contributed by atoms with Crippen molar-refractivity contribution in [2.24, 2.45) is 5.73 Å². The van der Waals surface area contributed by atoms with E-state index in [0.717, 1.165) is 24.1 Å². The molecule has 2 nitrogen and oxygen atoms in total. The fraction of sp³-hybridized carbons (Fsp3) is 0.500. The minimum Gasteiger partial charge on any atom is -0.376 e. The highest BCUT2D eigenvalue weighted by Gasteiger charge is 2.31. The molecule has 1 aromatic rings. The second-order valence-electron chi connectivity index (χ2n) is 4.24. The zero-order chi connectivity index (χ0) is 12.5. The van der Waals surface area contributed by atoms with E-state index in [1.165, 1.54) is 12.1 Å². The Hall–Kier alpha value is -1.07. The van der Waals surface area contributed by atoms with Gasteiger partial charge in [-0.1, -0.05) is 12.1 Å². The lowest BCUT2D eigenvalue weighted by atomic mass is 9.95. The van der Waals surface area contributed by atoms with E-state index in [-0.39, 0.29) is 12.0 Å². The summed E-state index contributed by atoms with van der Waals surface area (Å²) in [7, 11) is 0. The molecule has 94 valence electrons. The Morgan fingerprint density at radius 1 is 1.24 bits per heavy atom. The molecule has 0 aliphatic carbocycles. The van der Waals surface area contributed by atoms with Crippen LogP contribution in [0.25, 0.3) is 0 Å². The molecule has 1 heterocycles. The summed E-state index contributed by atoms with van der Waals surface area (Å²) in [5.74, 6) is 0.158. The molecular weight excluding hydrogens is 231 g/mol. The van der Waals surface area contributed by atoms with Gasteiger partial charge in [0.1, 0.15) is 0 Å². The van der Waals surface area contributed by atoms with Crippen LogP contribution in [-0.4, -0.2) is 19.3 Å². The maximum absolute atomic E-state index is 12.4. The smallest absolute Gasteiger partial charge is 0.376 e. The molecule has 0 spiro atoms. The number of halogens is 3. The lowest BCUT2D eigenvalue weighted by Crippen LogP contribution is -2.18. The maximum atomic E-state index is 12.4. The van der Waals surface area contributed by atoms with E-state index in [0.29, 0.717) is 13.2 Å². The zero-order valence-corrected chi connectivity index (χ0v) is 9.20. The van der Waals surface area contributed by atoms with Gasteiger partial charge in [-0.05, 0) is 24.1 Å². The molecule has 0 saturated carbocycles. The predicted octanol–water partition coefficient (Wildman–Crippen LogP) is 2.54. The molecule has 0 amide bonds. The molecule has 0 aromatic heterocycles. The van der Waals surface area contributed by atoms with Crippen molar-refractivity contribution in [2.75, 3.05) is 13.2 Å². The Bertz CT molecular complexity index is 374. The van der Waals surface area contributed by atoms with Crippen molar-refractivity contribution in [3.63, 3.8) is 0 Å². The number of nitrogens with two attached hydrogens (primary N) is 1.